The van der Waals surface area contributed by atoms with Crippen LogP contribution < -0.4 is 11.1 Å². The highest BCUT2D eigenvalue weighted by molar-refractivity contribution is 5.42. The zero-order chi connectivity index (χ0) is 13.1. The molecule has 0 fully saturated rings. The number of benzene rings is 1. The Hall–Kier alpha value is -2.18. The summed E-state index contributed by atoms with van der Waals surface area (Å²) in [6, 6.07) is 3.17. The van der Waals surface area contributed by atoms with E-state index in [0.29, 0.717) is 12.5 Å². The zero-order valence-corrected chi connectivity index (χ0v) is 9.82. The molecule has 0 atom stereocenters. The van der Waals surface area contributed by atoms with Crippen LogP contribution in [0.4, 0.5) is 20.7 Å². The van der Waals surface area contributed by atoms with Crippen LogP contribution in [-0.4, -0.2) is 21.3 Å². The number of nitrogens with zero attached hydrogens (tertiary/aromatic N) is 3. The van der Waals surface area contributed by atoms with E-state index in [1.54, 1.807) is 0 Å². The second-order valence-corrected chi connectivity index (χ2v) is 3.73. The zero-order valence-electron chi connectivity index (χ0n) is 9.82. The van der Waals surface area contributed by atoms with Gasteiger partial charge in [0.2, 0.25) is 11.9 Å². The van der Waals surface area contributed by atoms with Crippen LogP contribution in [0.3, 0.4) is 0 Å². The molecule has 1 heterocycles. The number of hydrogen-bond acceptors (Lipinski definition) is 4. The van der Waals surface area contributed by atoms with Crippen molar-refractivity contribution < 1.29 is 8.78 Å². The highest BCUT2D eigenvalue weighted by Gasteiger charge is 2.12. The van der Waals surface area contributed by atoms with Gasteiger partial charge in [-0.25, -0.2) is 8.78 Å². The minimum absolute atomic E-state index is 0.0408. The minimum Gasteiger partial charge on any atom is -0.368 e. The molecule has 0 aliphatic heterocycles. The fraction of sp³-hybridized carbons (Fsp3) is 0.273. The predicted molar refractivity (Wildman–Crippen MR) is 64.5 cm³/mol. The van der Waals surface area contributed by atoms with Crippen molar-refractivity contribution in [2.75, 3.05) is 17.6 Å². The van der Waals surface area contributed by atoms with E-state index in [2.05, 4.69) is 15.4 Å². The van der Waals surface area contributed by atoms with Crippen molar-refractivity contribution in [2.24, 2.45) is 0 Å². The predicted octanol–water partition coefficient (Wildman–Crippen LogP) is 1.95. The second kappa shape index (κ2) is 4.99. The molecule has 0 saturated heterocycles. The molecule has 5 nitrogen and oxygen atoms in total. The molecule has 2 aromatic rings. The summed E-state index contributed by atoms with van der Waals surface area (Å²) in [5.74, 6) is -1.04. The van der Waals surface area contributed by atoms with Crippen LogP contribution in [0.25, 0.3) is 5.69 Å². The van der Waals surface area contributed by atoms with Crippen molar-refractivity contribution in [1.82, 2.24) is 14.8 Å². The first-order valence-electron chi connectivity index (χ1n) is 5.53. The van der Waals surface area contributed by atoms with E-state index in [0.717, 1.165) is 23.2 Å². The third-order valence-corrected chi connectivity index (χ3v) is 2.30. The summed E-state index contributed by atoms with van der Waals surface area (Å²) in [6.45, 7) is 2.68. The number of nitrogen functional groups attached to an aromatic ring is 1. The number of rotatable bonds is 4. The van der Waals surface area contributed by atoms with Crippen LogP contribution in [0, 0.1) is 11.6 Å². The molecule has 0 aliphatic carbocycles. The first-order valence-corrected chi connectivity index (χ1v) is 5.53. The Kier molecular flexibility index (Phi) is 3.40. The van der Waals surface area contributed by atoms with Crippen LogP contribution in [0.1, 0.15) is 13.3 Å². The summed E-state index contributed by atoms with van der Waals surface area (Å²) in [7, 11) is 0. The lowest BCUT2D eigenvalue weighted by molar-refractivity contribution is 0.574. The molecule has 0 radical (unpaired) electrons. The molecule has 0 spiro atoms. The number of hydrogen-bond donors (Lipinski definition) is 2. The maximum absolute atomic E-state index is 13.6. The molecule has 3 N–H and O–H groups in total. The average Bonchev–Trinajstić information content (AvgIpc) is 2.68. The van der Waals surface area contributed by atoms with Gasteiger partial charge in [0, 0.05) is 12.6 Å². The highest BCUT2D eigenvalue weighted by Crippen LogP contribution is 2.17. The average molecular weight is 253 g/mol. The standard InChI is InChI=1S/C11H13F2N5/c1-2-5-15-11-16-10(14)18(17-11)9-4-3-7(12)6-8(9)13/h3-4,6H,2,5H2,1H3,(H3,14,15,16,17). The van der Waals surface area contributed by atoms with Crippen LogP contribution in [0.2, 0.25) is 0 Å². The molecule has 0 aliphatic rings. The van der Waals surface area contributed by atoms with E-state index in [-0.39, 0.29) is 11.6 Å². The van der Waals surface area contributed by atoms with Crippen molar-refractivity contribution in [1.29, 1.82) is 0 Å². The molecule has 2 rings (SSSR count). The Balaban J connectivity index is 2.35. The van der Waals surface area contributed by atoms with Gasteiger partial charge in [-0.05, 0) is 18.6 Å². The fourth-order valence-corrected chi connectivity index (χ4v) is 1.47. The summed E-state index contributed by atoms with van der Waals surface area (Å²) in [6.07, 6.45) is 0.902. The van der Waals surface area contributed by atoms with Gasteiger partial charge >= 0.3 is 0 Å². The van der Waals surface area contributed by atoms with Gasteiger partial charge in [-0.3, -0.25) is 0 Å². The first kappa shape index (κ1) is 12.3. The van der Waals surface area contributed by atoms with Gasteiger partial charge in [-0.2, -0.15) is 9.67 Å². The van der Waals surface area contributed by atoms with Gasteiger partial charge in [-0.1, -0.05) is 6.92 Å². The van der Waals surface area contributed by atoms with Gasteiger partial charge in [-0.15, -0.1) is 5.10 Å². The summed E-state index contributed by atoms with van der Waals surface area (Å²) < 4.78 is 27.5. The van der Waals surface area contributed by atoms with Crippen molar-refractivity contribution >= 4 is 11.9 Å². The Morgan fingerprint density at radius 2 is 2.17 bits per heavy atom. The monoisotopic (exact) mass is 253 g/mol. The second-order valence-electron chi connectivity index (χ2n) is 3.73. The van der Waals surface area contributed by atoms with E-state index < -0.39 is 11.6 Å². The van der Waals surface area contributed by atoms with Gasteiger partial charge in [0.25, 0.3) is 0 Å². The summed E-state index contributed by atoms with van der Waals surface area (Å²) in [5, 5.41) is 6.95. The highest BCUT2D eigenvalue weighted by atomic mass is 19.1. The number of anilines is 2. The van der Waals surface area contributed by atoms with Crippen LogP contribution >= 0.6 is 0 Å². The molecule has 18 heavy (non-hydrogen) atoms. The summed E-state index contributed by atoms with van der Waals surface area (Å²) >= 11 is 0. The van der Waals surface area contributed by atoms with Gasteiger partial charge in [0.1, 0.15) is 11.5 Å². The lowest BCUT2D eigenvalue weighted by Gasteiger charge is -2.03. The largest absolute Gasteiger partial charge is 0.368 e. The van der Waals surface area contributed by atoms with Crippen molar-refractivity contribution in [3.05, 3.63) is 29.8 Å². The van der Waals surface area contributed by atoms with E-state index in [1.807, 2.05) is 6.92 Å². The Morgan fingerprint density at radius 3 is 2.83 bits per heavy atom. The first-order chi connectivity index (χ1) is 8.61. The minimum atomic E-state index is -0.742. The molecule has 0 unspecified atom stereocenters. The molecular weight excluding hydrogens is 240 g/mol. The lowest BCUT2D eigenvalue weighted by Crippen LogP contribution is -2.05. The summed E-state index contributed by atoms with van der Waals surface area (Å²) in [5.41, 5.74) is 5.70. The Morgan fingerprint density at radius 1 is 1.39 bits per heavy atom. The SMILES string of the molecule is CCCNc1nc(N)n(-c2ccc(F)cc2F)n1. The maximum atomic E-state index is 13.6. The van der Waals surface area contributed by atoms with Gasteiger partial charge < -0.3 is 11.1 Å². The molecule has 1 aromatic carbocycles. The van der Waals surface area contributed by atoms with Gasteiger partial charge in [0.05, 0.1) is 0 Å². The number of halogens is 2. The van der Waals surface area contributed by atoms with Gasteiger partial charge in [0.15, 0.2) is 5.82 Å². The van der Waals surface area contributed by atoms with Crippen molar-refractivity contribution in [2.45, 2.75) is 13.3 Å². The molecule has 0 bridgehead atoms. The summed E-state index contributed by atoms with van der Waals surface area (Å²) in [4.78, 5) is 3.95. The van der Waals surface area contributed by atoms with Crippen molar-refractivity contribution in [3.8, 4) is 5.69 Å². The quantitative estimate of drug-likeness (QED) is 0.873. The van der Waals surface area contributed by atoms with Crippen LogP contribution in [-0.2, 0) is 0 Å². The molecule has 1 aromatic heterocycles. The molecule has 0 amide bonds. The van der Waals surface area contributed by atoms with Crippen LogP contribution in [0.5, 0.6) is 0 Å². The Labute approximate surface area is 103 Å². The van der Waals surface area contributed by atoms with E-state index in [4.69, 9.17) is 5.73 Å². The topological polar surface area (TPSA) is 68.8 Å². The van der Waals surface area contributed by atoms with E-state index in [9.17, 15) is 8.78 Å². The maximum Gasteiger partial charge on any atom is 0.244 e. The van der Waals surface area contributed by atoms with E-state index in [1.165, 1.54) is 6.07 Å². The molecule has 7 heteroatoms. The number of aromatic nitrogens is 3. The third-order valence-electron chi connectivity index (χ3n) is 2.30. The van der Waals surface area contributed by atoms with Crippen molar-refractivity contribution in [3.63, 3.8) is 0 Å². The fourth-order valence-electron chi connectivity index (χ4n) is 1.47. The molecular formula is C11H13F2N5. The smallest absolute Gasteiger partial charge is 0.244 e. The van der Waals surface area contributed by atoms with E-state index >= 15 is 0 Å². The number of nitrogens with two attached hydrogens (primary N) is 1. The normalized spacial score (nSPS) is 10.6. The molecule has 0 saturated carbocycles. The number of nitrogens with one attached hydrogen (secondary N) is 1. The Bertz CT molecular complexity index is 552. The molecule has 96 valence electrons. The third kappa shape index (κ3) is 2.39. The van der Waals surface area contributed by atoms with Crippen LogP contribution in [0.15, 0.2) is 18.2 Å². The lowest BCUT2D eigenvalue weighted by atomic mass is 10.3.